The van der Waals surface area contributed by atoms with Gasteiger partial charge in [0.15, 0.2) is 5.76 Å². The zero-order chi connectivity index (χ0) is 17.4. The summed E-state index contributed by atoms with van der Waals surface area (Å²) < 4.78 is 15.8. The van der Waals surface area contributed by atoms with Crippen molar-refractivity contribution < 1.29 is 18.8 Å². The third-order valence-electron chi connectivity index (χ3n) is 3.51. The molecule has 2 aromatic rings. The molecule has 1 atom stereocenters. The van der Waals surface area contributed by atoms with E-state index in [1.807, 2.05) is 44.2 Å². The van der Waals surface area contributed by atoms with Crippen LogP contribution in [0.1, 0.15) is 25.2 Å². The highest BCUT2D eigenvalue weighted by Crippen LogP contribution is 2.19. The van der Waals surface area contributed by atoms with E-state index in [9.17, 15) is 4.79 Å². The van der Waals surface area contributed by atoms with Crippen molar-refractivity contribution in [2.75, 3.05) is 19.8 Å². The van der Waals surface area contributed by atoms with E-state index in [1.165, 1.54) is 5.56 Å². The van der Waals surface area contributed by atoms with Crippen molar-refractivity contribution in [3.8, 4) is 11.3 Å². The van der Waals surface area contributed by atoms with E-state index in [0.717, 1.165) is 11.3 Å². The number of nitrogens with one attached hydrogen (secondary N) is 1. The van der Waals surface area contributed by atoms with E-state index >= 15 is 0 Å². The van der Waals surface area contributed by atoms with Gasteiger partial charge in [0.2, 0.25) is 5.91 Å². The Morgan fingerprint density at radius 1 is 1.29 bits per heavy atom. The summed E-state index contributed by atoms with van der Waals surface area (Å²) in [5.74, 6) is 0.403. The molecule has 0 saturated heterocycles. The fourth-order valence-electron chi connectivity index (χ4n) is 2.08. The van der Waals surface area contributed by atoms with Crippen LogP contribution >= 0.6 is 0 Å². The maximum Gasteiger partial charge on any atom is 0.249 e. The molecule has 24 heavy (non-hydrogen) atoms. The molecule has 0 fully saturated rings. The zero-order valence-electron chi connectivity index (χ0n) is 14.4. The summed E-state index contributed by atoms with van der Waals surface area (Å²) in [4.78, 5) is 12.0. The molecule has 1 N–H and O–H groups in total. The van der Waals surface area contributed by atoms with Crippen LogP contribution in [-0.4, -0.2) is 37.0 Å². The molecule has 0 bridgehead atoms. The third kappa shape index (κ3) is 5.47. The van der Waals surface area contributed by atoms with Crippen molar-refractivity contribution >= 4 is 5.91 Å². The van der Waals surface area contributed by atoms with Crippen LogP contribution in [0.15, 0.2) is 34.9 Å². The average Bonchev–Trinajstić information content (AvgIpc) is 3.06. The largest absolute Gasteiger partial charge is 0.379 e. The molecular weight excluding hydrogens is 308 g/mol. The van der Waals surface area contributed by atoms with Crippen molar-refractivity contribution in [3.63, 3.8) is 0 Å². The molecule has 0 aliphatic heterocycles. The molecule has 0 unspecified atom stereocenters. The molecule has 6 heteroatoms. The third-order valence-corrected chi connectivity index (χ3v) is 3.51. The molecule has 1 aromatic carbocycles. The number of aryl methyl sites for hydroxylation is 1. The fraction of sp³-hybridized carbons (Fsp3) is 0.444. The predicted octanol–water partition coefficient (Wildman–Crippen LogP) is 2.71. The number of amides is 1. The molecule has 1 amide bonds. The minimum absolute atomic E-state index is 0.195. The van der Waals surface area contributed by atoms with Gasteiger partial charge in [0.05, 0.1) is 19.8 Å². The number of rotatable bonds is 9. The number of aromatic nitrogens is 1. The molecule has 2 rings (SSSR count). The standard InChI is InChI=1S/C18H24N2O4/c1-4-22-9-10-23-14(3)18(21)19-12-16-11-17(20-24-16)15-7-5-13(2)6-8-15/h5-8,11,14H,4,9-10,12H2,1-3H3,(H,19,21)/t14-/m1/s1. The molecule has 0 aliphatic rings. The van der Waals surface area contributed by atoms with Crippen LogP contribution in [0.25, 0.3) is 11.3 Å². The van der Waals surface area contributed by atoms with Crippen molar-refractivity contribution in [2.45, 2.75) is 33.4 Å². The van der Waals surface area contributed by atoms with Crippen molar-refractivity contribution in [3.05, 3.63) is 41.7 Å². The number of nitrogens with zero attached hydrogens (tertiary/aromatic N) is 1. The normalized spacial score (nSPS) is 12.1. The number of hydrogen-bond acceptors (Lipinski definition) is 5. The van der Waals surface area contributed by atoms with Gasteiger partial charge in [-0.25, -0.2) is 0 Å². The van der Waals surface area contributed by atoms with Crippen LogP contribution in [-0.2, 0) is 20.8 Å². The van der Waals surface area contributed by atoms with Gasteiger partial charge in [0, 0.05) is 18.2 Å². The first kappa shape index (κ1) is 18.2. The SMILES string of the molecule is CCOCCO[C@H](C)C(=O)NCc1cc(-c2ccc(C)cc2)no1. The minimum Gasteiger partial charge on any atom is -0.379 e. The molecule has 130 valence electrons. The lowest BCUT2D eigenvalue weighted by Crippen LogP contribution is -2.34. The summed E-state index contributed by atoms with van der Waals surface area (Å²) in [7, 11) is 0. The first-order chi connectivity index (χ1) is 11.6. The van der Waals surface area contributed by atoms with Crippen molar-refractivity contribution in [1.82, 2.24) is 10.5 Å². The number of carbonyl (C=O) groups excluding carboxylic acids is 1. The first-order valence-electron chi connectivity index (χ1n) is 8.10. The number of hydrogen-bond donors (Lipinski definition) is 1. The number of benzene rings is 1. The van der Waals surface area contributed by atoms with Gasteiger partial charge in [-0.05, 0) is 20.8 Å². The maximum atomic E-state index is 12.0. The Morgan fingerprint density at radius 2 is 2.04 bits per heavy atom. The summed E-state index contributed by atoms with van der Waals surface area (Å²) in [5.41, 5.74) is 2.92. The van der Waals surface area contributed by atoms with E-state index in [1.54, 1.807) is 6.92 Å². The van der Waals surface area contributed by atoms with Crippen LogP contribution in [0.4, 0.5) is 0 Å². The van der Waals surface area contributed by atoms with Crippen LogP contribution in [0.2, 0.25) is 0 Å². The summed E-state index contributed by atoms with van der Waals surface area (Å²) in [6, 6.07) is 9.85. The molecule has 1 heterocycles. The summed E-state index contributed by atoms with van der Waals surface area (Å²) in [6.07, 6.45) is -0.537. The van der Waals surface area contributed by atoms with E-state index in [4.69, 9.17) is 14.0 Å². The van der Waals surface area contributed by atoms with Crippen LogP contribution < -0.4 is 5.32 Å². The molecule has 0 aliphatic carbocycles. The maximum absolute atomic E-state index is 12.0. The lowest BCUT2D eigenvalue weighted by molar-refractivity contribution is -0.132. The smallest absolute Gasteiger partial charge is 0.249 e. The Labute approximate surface area is 142 Å². The molecule has 0 spiro atoms. The van der Waals surface area contributed by atoms with Gasteiger partial charge >= 0.3 is 0 Å². The van der Waals surface area contributed by atoms with Gasteiger partial charge in [-0.15, -0.1) is 0 Å². The molecule has 1 aromatic heterocycles. The molecule has 0 radical (unpaired) electrons. The highest BCUT2D eigenvalue weighted by molar-refractivity contribution is 5.80. The Hall–Kier alpha value is -2.18. The van der Waals surface area contributed by atoms with Gasteiger partial charge < -0.3 is 19.3 Å². The lowest BCUT2D eigenvalue weighted by atomic mass is 10.1. The Kier molecular flexibility index (Phi) is 6.96. The van der Waals surface area contributed by atoms with Crippen molar-refractivity contribution in [2.24, 2.45) is 0 Å². The minimum atomic E-state index is -0.537. The second-order valence-electron chi connectivity index (χ2n) is 5.47. The highest BCUT2D eigenvalue weighted by atomic mass is 16.5. The fourth-order valence-corrected chi connectivity index (χ4v) is 2.08. The van der Waals surface area contributed by atoms with Crippen LogP contribution in [0.5, 0.6) is 0 Å². The Balaban J connectivity index is 1.80. The Morgan fingerprint density at radius 3 is 2.75 bits per heavy atom. The molecular formula is C18H24N2O4. The van der Waals surface area contributed by atoms with Gasteiger partial charge in [-0.1, -0.05) is 35.0 Å². The number of ether oxygens (including phenoxy) is 2. The van der Waals surface area contributed by atoms with E-state index in [-0.39, 0.29) is 12.5 Å². The zero-order valence-corrected chi connectivity index (χ0v) is 14.4. The molecule has 0 saturated carbocycles. The lowest BCUT2D eigenvalue weighted by Gasteiger charge is -2.12. The monoisotopic (exact) mass is 332 g/mol. The topological polar surface area (TPSA) is 73.6 Å². The Bertz CT molecular complexity index is 637. The average molecular weight is 332 g/mol. The van der Waals surface area contributed by atoms with Crippen LogP contribution in [0.3, 0.4) is 0 Å². The van der Waals surface area contributed by atoms with Gasteiger partial charge in [0.1, 0.15) is 11.8 Å². The van der Waals surface area contributed by atoms with Gasteiger partial charge in [0.25, 0.3) is 0 Å². The number of carbonyl (C=O) groups is 1. The van der Waals surface area contributed by atoms with Crippen molar-refractivity contribution in [1.29, 1.82) is 0 Å². The van der Waals surface area contributed by atoms with E-state index in [2.05, 4.69) is 10.5 Å². The molecule has 6 nitrogen and oxygen atoms in total. The van der Waals surface area contributed by atoms with Crippen LogP contribution in [0, 0.1) is 6.92 Å². The second kappa shape index (κ2) is 9.20. The van der Waals surface area contributed by atoms with Gasteiger partial charge in [-0.2, -0.15) is 0 Å². The van der Waals surface area contributed by atoms with E-state index < -0.39 is 6.10 Å². The summed E-state index contributed by atoms with van der Waals surface area (Å²) >= 11 is 0. The first-order valence-corrected chi connectivity index (χ1v) is 8.10. The summed E-state index contributed by atoms with van der Waals surface area (Å²) in [6.45, 7) is 7.44. The second-order valence-corrected chi connectivity index (χ2v) is 5.47. The van der Waals surface area contributed by atoms with Gasteiger partial charge in [-0.3, -0.25) is 4.79 Å². The highest BCUT2D eigenvalue weighted by Gasteiger charge is 2.14. The van der Waals surface area contributed by atoms with E-state index in [0.29, 0.717) is 25.6 Å². The predicted molar refractivity (Wildman–Crippen MR) is 90.4 cm³/mol. The summed E-state index contributed by atoms with van der Waals surface area (Å²) in [5, 5.41) is 6.81. The quantitative estimate of drug-likeness (QED) is 0.715.